The van der Waals surface area contributed by atoms with Crippen molar-refractivity contribution in [3.63, 3.8) is 0 Å². The highest BCUT2D eigenvalue weighted by atomic mass is 16.5. The van der Waals surface area contributed by atoms with E-state index in [0.717, 1.165) is 48.2 Å². The predicted molar refractivity (Wildman–Crippen MR) is 114 cm³/mol. The van der Waals surface area contributed by atoms with E-state index in [1.807, 2.05) is 61.2 Å². The zero-order chi connectivity index (χ0) is 20.9. The van der Waals surface area contributed by atoms with Crippen molar-refractivity contribution in [3.05, 3.63) is 71.0 Å². The van der Waals surface area contributed by atoms with E-state index in [1.54, 1.807) is 0 Å². The van der Waals surface area contributed by atoms with E-state index in [2.05, 4.69) is 16.2 Å². The molecule has 0 aliphatic carbocycles. The minimum atomic E-state index is 0.112. The minimum Gasteiger partial charge on any atom is -0.378 e. The molecule has 3 aromatic rings. The molecule has 156 valence electrons. The van der Waals surface area contributed by atoms with E-state index in [0.29, 0.717) is 24.7 Å². The van der Waals surface area contributed by atoms with E-state index < -0.39 is 0 Å². The van der Waals surface area contributed by atoms with Gasteiger partial charge in [-0.1, -0.05) is 40.5 Å². The van der Waals surface area contributed by atoms with Gasteiger partial charge in [-0.2, -0.15) is 4.98 Å². The molecule has 2 heterocycles. The average Bonchev–Trinajstić information content (AvgIpc) is 3.23. The minimum absolute atomic E-state index is 0.112. The third-order valence-electron chi connectivity index (χ3n) is 5.37. The Morgan fingerprint density at radius 2 is 1.80 bits per heavy atom. The number of hydrogen-bond acceptors (Lipinski definition) is 5. The Balaban J connectivity index is 1.23. The number of piperidine rings is 1. The third kappa shape index (κ3) is 4.94. The lowest BCUT2D eigenvalue weighted by atomic mass is 10.0. The first kappa shape index (κ1) is 20.3. The van der Waals surface area contributed by atoms with Gasteiger partial charge in [-0.25, -0.2) is 0 Å². The number of ether oxygens (including phenoxy) is 1. The summed E-state index contributed by atoms with van der Waals surface area (Å²) in [7, 11) is 0. The number of likely N-dealkylation sites (tertiary alicyclic amines) is 1. The fraction of sp³-hybridized carbons (Fsp3) is 0.375. The molecule has 0 atom stereocenters. The number of aromatic nitrogens is 2. The second-order valence-electron chi connectivity index (χ2n) is 7.87. The molecule has 0 spiro atoms. The van der Waals surface area contributed by atoms with E-state index in [4.69, 9.17) is 9.26 Å². The van der Waals surface area contributed by atoms with Crippen LogP contribution < -0.4 is 0 Å². The summed E-state index contributed by atoms with van der Waals surface area (Å²) in [6, 6.07) is 15.7. The Morgan fingerprint density at radius 1 is 1.10 bits per heavy atom. The number of carbonyl (C=O) groups is 1. The molecule has 1 aliphatic heterocycles. The van der Waals surface area contributed by atoms with Gasteiger partial charge in [-0.15, -0.1) is 0 Å². The summed E-state index contributed by atoms with van der Waals surface area (Å²) in [6.45, 7) is 6.03. The molecule has 0 bridgehead atoms. The van der Waals surface area contributed by atoms with Gasteiger partial charge in [0, 0.05) is 30.6 Å². The first-order valence-electron chi connectivity index (χ1n) is 10.5. The van der Waals surface area contributed by atoms with Crippen LogP contribution in [0.25, 0.3) is 11.5 Å². The maximum absolute atomic E-state index is 12.8. The molecule has 6 heteroatoms. The number of benzene rings is 2. The fourth-order valence-corrected chi connectivity index (χ4v) is 3.88. The molecule has 2 aromatic carbocycles. The molecule has 0 saturated carbocycles. The van der Waals surface area contributed by atoms with E-state index in [-0.39, 0.29) is 12.0 Å². The molecule has 1 amide bonds. The van der Waals surface area contributed by atoms with Crippen molar-refractivity contribution in [2.24, 2.45) is 0 Å². The first-order chi connectivity index (χ1) is 14.6. The zero-order valence-electron chi connectivity index (χ0n) is 17.5. The highest BCUT2D eigenvalue weighted by Gasteiger charge is 2.24. The Labute approximate surface area is 176 Å². The molecule has 1 aromatic heterocycles. The van der Waals surface area contributed by atoms with E-state index in [1.165, 1.54) is 0 Å². The van der Waals surface area contributed by atoms with Crippen LogP contribution in [0.15, 0.2) is 53.1 Å². The number of aryl methyl sites for hydroxylation is 2. The number of carbonyl (C=O) groups excluding carboxylic acids is 1. The van der Waals surface area contributed by atoms with Crippen LogP contribution in [0.2, 0.25) is 0 Å². The molecule has 1 aliphatic rings. The van der Waals surface area contributed by atoms with Crippen LogP contribution in [0.4, 0.5) is 0 Å². The summed E-state index contributed by atoms with van der Waals surface area (Å²) in [4.78, 5) is 19.2. The van der Waals surface area contributed by atoms with Crippen molar-refractivity contribution in [2.45, 2.75) is 39.2 Å². The normalized spacial score (nSPS) is 14.8. The monoisotopic (exact) mass is 405 g/mol. The maximum atomic E-state index is 12.8. The van der Waals surface area contributed by atoms with Gasteiger partial charge in [0.05, 0.1) is 12.7 Å². The summed E-state index contributed by atoms with van der Waals surface area (Å²) >= 11 is 0. The SMILES string of the molecule is Cc1cc(C)cc(C(=O)N2CCC(OCCc3noc(-c4ccccc4)n3)CC2)c1. The van der Waals surface area contributed by atoms with Crippen LogP contribution in [-0.4, -0.2) is 46.7 Å². The maximum Gasteiger partial charge on any atom is 0.257 e. The van der Waals surface area contributed by atoms with Crippen molar-refractivity contribution < 1.29 is 14.1 Å². The smallest absolute Gasteiger partial charge is 0.257 e. The highest BCUT2D eigenvalue weighted by Crippen LogP contribution is 2.19. The zero-order valence-corrected chi connectivity index (χ0v) is 17.5. The van der Waals surface area contributed by atoms with Crippen molar-refractivity contribution in [3.8, 4) is 11.5 Å². The van der Waals surface area contributed by atoms with E-state index >= 15 is 0 Å². The molecular formula is C24H27N3O3. The van der Waals surface area contributed by atoms with Crippen LogP contribution in [0.3, 0.4) is 0 Å². The number of amides is 1. The summed E-state index contributed by atoms with van der Waals surface area (Å²) in [5.74, 6) is 1.29. The topological polar surface area (TPSA) is 68.5 Å². The number of rotatable bonds is 6. The Kier molecular flexibility index (Phi) is 6.23. The summed E-state index contributed by atoms with van der Waals surface area (Å²) < 4.78 is 11.3. The molecule has 0 radical (unpaired) electrons. The van der Waals surface area contributed by atoms with Crippen LogP contribution in [0, 0.1) is 13.8 Å². The Morgan fingerprint density at radius 3 is 2.50 bits per heavy atom. The molecule has 0 unspecified atom stereocenters. The first-order valence-corrected chi connectivity index (χ1v) is 10.5. The number of nitrogens with zero attached hydrogens (tertiary/aromatic N) is 3. The van der Waals surface area contributed by atoms with Crippen LogP contribution >= 0.6 is 0 Å². The molecule has 30 heavy (non-hydrogen) atoms. The van der Waals surface area contributed by atoms with Gasteiger partial charge in [0.2, 0.25) is 0 Å². The quantitative estimate of drug-likeness (QED) is 0.614. The summed E-state index contributed by atoms with van der Waals surface area (Å²) in [6.07, 6.45) is 2.46. The Hall–Kier alpha value is -2.99. The predicted octanol–water partition coefficient (Wildman–Crippen LogP) is 4.22. The molecule has 1 fully saturated rings. The van der Waals surface area contributed by atoms with Gasteiger partial charge in [0.15, 0.2) is 5.82 Å². The molecule has 6 nitrogen and oxygen atoms in total. The van der Waals surface area contributed by atoms with Crippen LogP contribution in [0.1, 0.15) is 40.2 Å². The molecular weight excluding hydrogens is 378 g/mol. The van der Waals surface area contributed by atoms with Crippen molar-refractivity contribution in [1.29, 1.82) is 0 Å². The second kappa shape index (κ2) is 9.22. The molecule has 1 saturated heterocycles. The second-order valence-corrected chi connectivity index (χ2v) is 7.87. The lowest BCUT2D eigenvalue weighted by molar-refractivity contribution is 0.00947. The van der Waals surface area contributed by atoms with Gasteiger partial charge in [-0.05, 0) is 51.0 Å². The van der Waals surface area contributed by atoms with Gasteiger partial charge < -0.3 is 14.2 Å². The average molecular weight is 405 g/mol. The fourth-order valence-electron chi connectivity index (χ4n) is 3.88. The van der Waals surface area contributed by atoms with Gasteiger partial charge in [0.1, 0.15) is 0 Å². The van der Waals surface area contributed by atoms with Gasteiger partial charge in [-0.3, -0.25) is 4.79 Å². The third-order valence-corrected chi connectivity index (χ3v) is 5.37. The highest BCUT2D eigenvalue weighted by molar-refractivity contribution is 5.94. The standard InChI is InChI=1S/C24H27N3O3/c1-17-14-18(2)16-20(15-17)24(28)27-11-8-21(9-12-27)29-13-10-22-25-23(30-26-22)19-6-4-3-5-7-19/h3-7,14-16,21H,8-13H2,1-2H3. The van der Waals surface area contributed by atoms with Crippen molar-refractivity contribution in [1.82, 2.24) is 15.0 Å². The van der Waals surface area contributed by atoms with E-state index in [9.17, 15) is 4.79 Å². The van der Waals surface area contributed by atoms with Gasteiger partial charge >= 0.3 is 0 Å². The van der Waals surface area contributed by atoms with Crippen LogP contribution in [0.5, 0.6) is 0 Å². The number of hydrogen-bond donors (Lipinski definition) is 0. The Bertz CT molecular complexity index is 972. The summed E-state index contributed by atoms with van der Waals surface area (Å²) in [5.41, 5.74) is 3.93. The largest absolute Gasteiger partial charge is 0.378 e. The van der Waals surface area contributed by atoms with Gasteiger partial charge in [0.25, 0.3) is 11.8 Å². The van der Waals surface area contributed by atoms with Crippen molar-refractivity contribution in [2.75, 3.05) is 19.7 Å². The van der Waals surface area contributed by atoms with Crippen LogP contribution in [-0.2, 0) is 11.2 Å². The molecule has 0 N–H and O–H groups in total. The lowest BCUT2D eigenvalue weighted by Gasteiger charge is -2.32. The lowest BCUT2D eigenvalue weighted by Crippen LogP contribution is -2.41. The summed E-state index contributed by atoms with van der Waals surface area (Å²) in [5, 5.41) is 4.04. The van der Waals surface area contributed by atoms with Crippen molar-refractivity contribution >= 4 is 5.91 Å². The molecule has 4 rings (SSSR count).